The Balaban J connectivity index is 1.79. The van der Waals surface area contributed by atoms with Gasteiger partial charge in [-0.1, -0.05) is 29.3 Å². The van der Waals surface area contributed by atoms with Crippen molar-refractivity contribution in [3.63, 3.8) is 0 Å². The van der Waals surface area contributed by atoms with Crippen LogP contribution in [0.4, 0.5) is 0 Å². The van der Waals surface area contributed by atoms with Gasteiger partial charge in [0.25, 0.3) is 5.91 Å². The summed E-state index contributed by atoms with van der Waals surface area (Å²) in [6.45, 7) is 4.37. The maximum absolute atomic E-state index is 12.1. The van der Waals surface area contributed by atoms with Crippen LogP contribution >= 0.6 is 11.6 Å². The van der Waals surface area contributed by atoms with Crippen LogP contribution in [-0.2, 0) is 4.79 Å². The van der Waals surface area contributed by atoms with E-state index in [-0.39, 0.29) is 5.91 Å². The van der Waals surface area contributed by atoms with Gasteiger partial charge in [0.05, 0.1) is 5.02 Å². The van der Waals surface area contributed by atoms with E-state index in [1.807, 2.05) is 19.1 Å². The summed E-state index contributed by atoms with van der Waals surface area (Å²) in [6.07, 6.45) is 7.59. The molecule has 0 radical (unpaired) electrons. The number of hydrogen-bond acceptors (Lipinski definition) is 2. The number of allylic oxidation sites excluding steroid dienone is 1. The topological polar surface area (TPSA) is 38.3 Å². The smallest absolute Gasteiger partial charge is 0.260 e. The molecule has 1 unspecified atom stereocenters. The molecule has 0 saturated carbocycles. The molecule has 1 aromatic carbocycles. The highest BCUT2D eigenvalue weighted by Gasteiger charge is 2.16. The molecule has 0 aliphatic heterocycles. The Morgan fingerprint density at radius 3 is 2.95 bits per heavy atom. The summed E-state index contributed by atoms with van der Waals surface area (Å²) in [4.78, 5) is 12.1. The number of hydrogen-bond donors (Lipinski definition) is 1. The van der Waals surface area contributed by atoms with Crippen molar-refractivity contribution in [3.05, 3.63) is 40.4 Å². The van der Waals surface area contributed by atoms with Crippen molar-refractivity contribution in [2.45, 2.75) is 52.1 Å². The number of ether oxygens (including phenoxy) is 1. The van der Waals surface area contributed by atoms with Crippen molar-refractivity contribution in [1.82, 2.24) is 5.32 Å². The normalized spacial score (nSPS) is 15.9. The zero-order valence-corrected chi connectivity index (χ0v) is 14.1. The van der Waals surface area contributed by atoms with Crippen LogP contribution in [0.1, 0.15) is 44.6 Å². The molecular formula is C18H24ClNO2. The minimum absolute atomic E-state index is 0.103. The Bertz CT molecular complexity index is 554. The van der Waals surface area contributed by atoms with Crippen molar-refractivity contribution in [1.29, 1.82) is 0 Å². The molecule has 0 fully saturated rings. The van der Waals surface area contributed by atoms with Gasteiger partial charge in [0.2, 0.25) is 0 Å². The number of carbonyl (C=O) groups is 1. The number of rotatable bonds is 6. The van der Waals surface area contributed by atoms with Crippen molar-refractivity contribution < 1.29 is 9.53 Å². The average molecular weight is 322 g/mol. The van der Waals surface area contributed by atoms with Gasteiger partial charge < -0.3 is 10.1 Å². The summed E-state index contributed by atoms with van der Waals surface area (Å²) >= 11 is 6.09. The van der Waals surface area contributed by atoms with E-state index in [0.29, 0.717) is 17.3 Å². The lowest BCUT2D eigenvalue weighted by Crippen LogP contribution is -2.37. The number of aryl methyl sites for hydroxylation is 1. The molecular weight excluding hydrogens is 298 g/mol. The lowest BCUT2D eigenvalue weighted by Gasteiger charge is -2.17. The summed E-state index contributed by atoms with van der Waals surface area (Å²) in [6, 6.07) is 5.54. The zero-order chi connectivity index (χ0) is 15.9. The molecule has 1 N–H and O–H groups in total. The van der Waals surface area contributed by atoms with Crippen LogP contribution in [0.15, 0.2) is 29.8 Å². The van der Waals surface area contributed by atoms with Gasteiger partial charge in [0.1, 0.15) is 5.75 Å². The summed E-state index contributed by atoms with van der Waals surface area (Å²) in [5.74, 6) is 0.452. The van der Waals surface area contributed by atoms with Crippen LogP contribution in [0.25, 0.3) is 0 Å². The Labute approximate surface area is 137 Å². The molecule has 22 heavy (non-hydrogen) atoms. The number of carbonyl (C=O) groups excluding carboxylic acids is 1. The molecule has 1 atom stereocenters. The zero-order valence-electron chi connectivity index (χ0n) is 13.3. The summed E-state index contributed by atoms with van der Waals surface area (Å²) in [5, 5.41) is 3.46. The highest BCUT2D eigenvalue weighted by molar-refractivity contribution is 6.32. The molecule has 120 valence electrons. The second-order valence-corrected chi connectivity index (χ2v) is 6.25. The van der Waals surface area contributed by atoms with E-state index in [2.05, 4.69) is 11.4 Å². The molecule has 4 heteroatoms. The van der Waals surface area contributed by atoms with Gasteiger partial charge in [-0.05, 0) is 63.6 Å². The third-order valence-corrected chi connectivity index (χ3v) is 4.20. The summed E-state index contributed by atoms with van der Waals surface area (Å²) < 4.78 is 5.67. The third-order valence-electron chi connectivity index (χ3n) is 3.89. The van der Waals surface area contributed by atoms with Gasteiger partial charge in [-0.25, -0.2) is 0 Å². The molecule has 0 bridgehead atoms. The summed E-state index contributed by atoms with van der Waals surface area (Å²) in [7, 11) is 0. The van der Waals surface area contributed by atoms with E-state index in [1.54, 1.807) is 13.0 Å². The maximum Gasteiger partial charge on any atom is 0.260 e. The molecule has 1 aliphatic rings. The third kappa shape index (κ3) is 5.06. The predicted octanol–water partition coefficient (Wildman–Crippen LogP) is 4.42. The standard InChI is InChI=1S/C18H24ClNO2/c1-13-8-9-16(19)17(12-13)22-14(2)18(21)20-11-10-15-6-4-3-5-7-15/h6,8-9,12,14H,3-5,7,10-11H2,1-2H3,(H,20,21). The Morgan fingerprint density at radius 1 is 1.41 bits per heavy atom. The van der Waals surface area contributed by atoms with Crippen LogP contribution < -0.4 is 10.1 Å². The Hall–Kier alpha value is -1.48. The second-order valence-electron chi connectivity index (χ2n) is 5.84. The second kappa shape index (κ2) is 8.23. The monoisotopic (exact) mass is 321 g/mol. The Morgan fingerprint density at radius 2 is 2.23 bits per heavy atom. The fourth-order valence-corrected chi connectivity index (χ4v) is 2.73. The minimum atomic E-state index is -0.556. The van der Waals surface area contributed by atoms with E-state index in [0.717, 1.165) is 12.0 Å². The SMILES string of the molecule is Cc1ccc(Cl)c(OC(C)C(=O)NCCC2=CCCCC2)c1. The first kappa shape index (κ1) is 16.9. The fraction of sp³-hybridized carbons (Fsp3) is 0.500. The molecule has 0 spiro atoms. The van der Waals surface area contributed by atoms with E-state index < -0.39 is 6.10 Å². The van der Waals surface area contributed by atoms with Gasteiger partial charge in [-0.15, -0.1) is 0 Å². The van der Waals surface area contributed by atoms with Crippen molar-refractivity contribution in [2.75, 3.05) is 6.54 Å². The number of halogens is 1. The molecule has 1 amide bonds. The van der Waals surface area contributed by atoms with Crippen molar-refractivity contribution in [3.8, 4) is 5.75 Å². The average Bonchev–Trinajstić information content (AvgIpc) is 2.52. The van der Waals surface area contributed by atoms with Crippen molar-refractivity contribution >= 4 is 17.5 Å². The molecule has 0 saturated heterocycles. The fourth-order valence-electron chi connectivity index (χ4n) is 2.57. The predicted molar refractivity (Wildman–Crippen MR) is 90.5 cm³/mol. The highest BCUT2D eigenvalue weighted by atomic mass is 35.5. The molecule has 3 nitrogen and oxygen atoms in total. The van der Waals surface area contributed by atoms with Crippen LogP contribution in [0.2, 0.25) is 5.02 Å². The first-order valence-electron chi connectivity index (χ1n) is 7.94. The lowest BCUT2D eigenvalue weighted by molar-refractivity contribution is -0.127. The van der Waals surface area contributed by atoms with Crippen LogP contribution in [-0.4, -0.2) is 18.6 Å². The van der Waals surface area contributed by atoms with Crippen LogP contribution in [0.5, 0.6) is 5.75 Å². The van der Waals surface area contributed by atoms with E-state index in [1.165, 1.54) is 31.3 Å². The van der Waals surface area contributed by atoms with Gasteiger partial charge >= 0.3 is 0 Å². The van der Waals surface area contributed by atoms with Crippen LogP contribution in [0.3, 0.4) is 0 Å². The first-order chi connectivity index (χ1) is 10.6. The quantitative estimate of drug-likeness (QED) is 0.787. The van der Waals surface area contributed by atoms with Crippen LogP contribution in [0, 0.1) is 6.92 Å². The van der Waals surface area contributed by atoms with Gasteiger partial charge in [-0.3, -0.25) is 4.79 Å². The van der Waals surface area contributed by atoms with Gasteiger partial charge in [0.15, 0.2) is 6.10 Å². The lowest BCUT2D eigenvalue weighted by atomic mass is 9.97. The van der Waals surface area contributed by atoms with Crippen molar-refractivity contribution in [2.24, 2.45) is 0 Å². The Kier molecular flexibility index (Phi) is 6.32. The molecule has 0 aromatic heterocycles. The maximum atomic E-state index is 12.1. The highest BCUT2D eigenvalue weighted by Crippen LogP contribution is 2.26. The van der Waals surface area contributed by atoms with E-state index in [9.17, 15) is 4.79 Å². The number of amides is 1. The van der Waals surface area contributed by atoms with E-state index in [4.69, 9.17) is 16.3 Å². The molecule has 2 rings (SSSR count). The first-order valence-corrected chi connectivity index (χ1v) is 8.32. The minimum Gasteiger partial charge on any atom is -0.479 e. The largest absolute Gasteiger partial charge is 0.479 e. The number of benzene rings is 1. The summed E-state index contributed by atoms with van der Waals surface area (Å²) in [5.41, 5.74) is 2.51. The van der Waals surface area contributed by atoms with Gasteiger partial charge in [0, 0.05) is 6.54 Å². The molecule has 1 aliphatic carbocycles. The van der Waals surface area contributed by atoms with E-state index >= 15 is 0 Å². The van der Waals surface area contributed by atoms with Gasteiger partial charge in [-0.2, -0.15) is 0 Å². The molecule has 0 heterocycles. The number of nitrogens with one attached hydrogen (secondary N) is 1. The molecule has 1 aromatic rings.